The van der Waals surface area contributed by atoms with Crippen molar-refractivity contribution in [3.05, 3.63) is 0 Å². The Morgan fingerprint density at radius 1 is 1.40 bits per heavy atom. The van der Waals surface area contributed by atoms with Crippen molar-refractivity contribution in [1.82, 2.24) is 15.1 Å². The van der Waals surface area contributed by atoms with E-state index in [-0.39, 0.29) is 6.03 Å². The summed E-state index contributed by atoms with van der Waals surface area (Å²) in [5, 5.41) is 2.89. The van der Waals surface area contributed by atoms with Crippen LogP contribution in [0.2, 0.25) is 0 Å². The lowest BCUT2D eigenvalue weighted by Gasteiger charge is -2.30. The highest BCUT2D eigenvalue weighted by molar-refractivity contribution is 5.74. The number of nitrogens with zero attached hydrogens (tertiary/aromatic N) is 2. The molecule has 1 atom stereocenters. The first kappa shape index (κ1) is 12.3. The molecule has 1 rings (SSSR count). The van der Waals surface area contributed by atoms with Crippen LogP contribution in [-0.2, 0) is 0 Å². The number of hydrogen-bond donors (Lipinski definition) is 1. The molecule has 1 fully saturated rings. The quantitative estimate of drug-likeness (QED) is 0.746. The summed E-state index contributed by atoms with van der Waals surface area (Å²) in [6.07, 6.45) is 2.10. The van der Waals surface area contributed by atoms with Gasteiger partial charge in [0.15, 0.2) is 0 Å². The van der Waals surface area contributed by atoms with Crippen LogP contribution < -0.4 is 5.32 Å². The fourth-order valence-electron chi connectivity index (χ4n) is 2.11. The summed E-state index contributed by atoms with van der Waals surface area (Å²) in [5.74, 6) is 0. The molecule has 1 aliphatic rings. The van der Waals surface area contributed by atoms with Gasteiger partial charge in [-0.05, 0) is 33.4 Å². The predicted molar refractivity (Wildman–Crippen MR) is 62.0 cm³/mol. The second kappa shape index (κ2) is 5.95. The number of urea groups is 1. The lowest BCUT2D eigenvalue weighted by atomic mass is 10.2. The van der Waals surface area contributed by atoms with Crippen LogP contribution in [0.15, 0.2) is 0 Å². The summed E-state index contributed by atoms with van der Waals surface area (Å²) in [7, 11) is 2.13. The molecule has 0 spiro atoms. The number of amides is 2. The fourth-order valence-corrected chi connectivity index (χ4v) is 2.11. The van der Waals surface area contributed by atoms with Crippen LogP contribution in [0, 0.1) is 0 Å². The van der Waals surface area contributed by atoms with Gasteiger partial charge in [0.25, 0.3) is 0 Å². The maximum atomic E-state index is 11.8. The van der Waals surface area contributed by atoms with E-state index >= 15 is 0 Å². The molecule has 4 nitrogen and oxygen atoms in total. The highest BCUT2D eigenvalue weighted by Gasteiger charge is 2.25. The van der Waals surface area contributed by atoms with Crippen molar-refractivity contribution >= 4 is 6.03 Å². The largest absolute Gasteiger partial charge is 0.338 e. The number of rotatable bonds is 2. The number of carbonyl (C=O) groups excluding carboxylic acids is 1. The van der Waals surface area contributed by atoms with E-state index in [1.54, 1.807) is 0 Å². The lowest BCUT2D eigenvalue weighted by Crippen LogP contribution is -2.48. The van der Waals surface area contributed by atoms with Gasteiger partial charge in [0.2, 0.25) is 0 Å². The van der Waals surface area contributed by atoms with Crippen LogP contribution in [0.4, 0.5) is 4.79 Å². The summed E-state index contributed by atoms with van der Waals surface area (Å²) in [5.41, 5.74) is 0. The van der Waals surface area contributed by atoms with Crippen molar-refractivity contribution in [3.63, 3.8) is 0 Å². The topological polar surface area (TPSA) is 35.6 Å². The van der Waals surface area contributed by atoms with E-state index in [4.69, 9.17) is 0 Å². The molecule has 2 amide bonds. The van der Waals surface area contributed by atoms with E-state index < -0.39 is 0 Å². The number of likely N-dealkylation sites (N-methyl/N-ethyl adjacent to an activating group) is 1. The van der Waals surface area contributed by atoms with Gasteiger partial charge in [0.05, 0.1) is 0 Å². The molecule has 15 heavy (non-hydrogen) atoms. The molecular formula is C11H23N3O. The first-order valence-electron chi connectivity index (χ1n) is 5.92. The van der Waals surface area contributed by atoms with Gasteiger partial charge in [0, 0.05) is 25.7 Å². The molecule has 4 heteroatoms. The molecule has 0 saturated carbocycles. The molecule has 0 radical (unpaired) electrons. The normalized spacial score (nSPS) is 23.7. The van der Waals surface area contributed by atoms with Gasteiger partial charge in [0.1, 0.15) is 0 Å². The third-order valence-corrected chi connectivity index (χ3v) is 2.96. The number of nitrogens with one attached hydrogen (secondary N) is 1. The third-order valence-electron chi connectivity index (χ3n) is 2.96. The molecule has 0 aromatic carbocycles. The van der Waals surface area contributed by atoms with E-state index in [1.807, 2.05) is 11.8 Å². The number of carbonyl (C=O) groups is 1. The Kier molecular flexibility index (Phi) is 4.88. The Labute approximate surface area is 92.6 Å². The van der Waals surface area contributed by atoms with Gasteiger partial charge in [-0.3, -0.25) is 0 Å². The van der Waals surface area contributed by atoms with Crippen molar-refractivity contribution in [2.24, 2.45) is 0 Å². The minimum absolute atomic E-state index is 0.0969. The Morgan fingerprint density at radius 3 is 2.73 bits per heavy atom. The monoisotopic (exact) mass is 213 g/mol. The van der Waals surface area contributed by atoms with Gasteiger partial charge in [-0.25, -0.2) is 4.79 Å². The van der Waals surface area contributed by atoms with Crippen molar-refractivity contribution in [2.75, 3.05) is 33.2 Å². The van der Waals surface area contributed by atoms with Crippen molar-refractivity contribution in [2.45, 2.75) is 32.7 Å². The summed E-state index contributed by atoms with van der Waals surface area (Å²) >= 11 is 0. The van der Waals surface area contributed by atoms with Crippen LogP contribution >= 0.6 is 0 Å². The highest BCUT2D eigenvalue weighted by Crippen LogP contribution is 2.11. The standard InChI is InChI=1S/C11H23N3O/c1-4-10-9-13(3)7-6-8-14(10)11(15)12-5-2/h10H,4-9H2,1-3H3,(H,12,15). The van der Waals surface area contributed by atoms with Crippen LogP contribution in [0.25, 0.3) is 0 Å². The van der Waals surface area contributed by atoms with E-state index in [9.17, 15) is 4.79 Å². The molecule has 0 aromatic rings. The number of hydrogen-bond acceptors (Lipinski definition) is 2. The second-order valence-corrected chi connectivity index (χ2v) is 4.21. The molecule has 0 aliphatic carbocycles. The fraction of sp³-hybridized carbons (Fsp3) is 0.909. The Bertz CT molecular complexity index is 208. The lowest BCUT2D eigenvalue weighted by molar-refractivity contribution is 0.170. The zero-order valence-corrected chi connectivity index (χ0v) is 10.1. The second-order valence-electron chi connectivity index (χ2n) is 4.21. The predicted octanol–water partition coefficient (Wildman–Crippen LogP) is 1.13. The minimum Gasteiger partial charge on any atom is -0.338 e. The van der Waals surface area contributed by atoms with Gasteiger partial charge in [-0.15, -0.1) is 0 Å². The summed E-state index contributed by atoms with van der Waals surface area (Å²) in [6.45, 7) is 7.79. The first-order valence-corrected chi connectivity index (χ1v) is 5.92. The SMILES string of the molecule is CCNC(=O)N1CCCN(C)CC1CC. The van der Waals surface area contributed by atoms with Crippen LogP contribution in [0.3, 0.4) is 0 Å². The zero-order valence-electron chi connectivity index (χ0n) is 10.1. The van der Waals surface area contributed by atoms with Crippen LogP contribution in [0.5, 0.6) is 0 Å². The van der Waals surface area contributed by atoms with E-state index in [1.165, 1.54) is 0 Å². The Morgan fingerprint density at radius 2 is 2.13 bits per heavy atom. The zero-order chi connectivity index (χ0) is 11.3. The molecule has 1 heterocycles. The summed E-state index contributed by atoms with van der Waals surface area (Å²) in [6, 6.07) is 0.462. The van der Waals surface area contributed by atoms with Gasteiger partial charge < -0.3 is 15.1 Å². The average molecular weight is 213 g/mol. The Balaban J connectivity index is 2.62. The summed E-state index contributed by atoms with van der Waals surface area (Å²) in [4.78, 5) is 16.1. The molecular weight excluding hydrogens is 190 g/mol. The summed E-state index contributed by atoms with van der Waals surface area (Å²) < 4.78 is 0. The molecule has 1 aliphatic heterocycles. The maximum absolute atomic E-state index is 11.8. The molecule has 1 N–H and O–H groups in total. The molecule has 1 unspecified atom stereocenters. The van der Waals surface area contributed by atoms with E-state index in [0.29, 0.717) is 12.6 Å². The van der Waals surface area contributed by atoms with Crippen LogP contribution in [-0.4, -0.2) is 55.1 Å². The van der Waals surface area contributed by atoms with Gasteiger partial charge >= 0.3 is 6.03 Å². The van der Waals surface area contributed by atoms with E-state index in [0.717, 1.165) is 32.5 Å². The maximum Gasteiger partial charge on any atom is 0.317 e. The van der Waals surface area contributed by atoms with E-state index in [2.05, 4.69) is 24.2 Å². The van der Waals surface area contributed by atoms with Crippen molar-refractivity contribution < 1.29 is 4.79 Å². The van der Waals surface area contributed by atoms with Gasteiger partial charge in [-0.2, -0.15) is 0 Å². The molecule has 0 aromatic heterocycles. The van der Waals surface area contributed by atoms with Crippen molar-refractivity contribution in [1.29, 1.82) is 0 Å². The minimum atomic E-state index is 0.0969. The molecule has 1 saturated heterocycles. The first-order chi connectivity index (χ1) is 7.19. The third kappa shape index (κ3) is 3.38. The highest BCUT2D eigenvalue weighted by atomic mass is 16.2. The average Bonchev–Trinajstić information content (AvgIpc) is 2.39. The smallest absolute Gasteiger partial charge is 0.317 e. The molecule has 0 bridgehead atoms. The molecule has 88 valence electrons. The Hall–Kier alpha value is -0.770. The van der Waals surface area contributed by atoms with Gasteiger partial charge in [-0.1, -0.05) is 6.92 Å². The van der Waals surface area contributed by atoms with Crippen LogP contribution in [0.1, 0.15) is 26.7 Å². The van der Waals surface area contributed by atoms with Crippen molar-refractivity contribution in [3.8, 4) is 0 Å².